The Bertz CT molecular complexity index is 565. The van der Waals surface area contributed by atoms with E-state index in [1.807, 2.05) is 32.9 Å². The molecule has 1 aromatic heterocycles. The second-order valence-corrected chi connectivity index (χ2v) is 5.94. The molecular formula is C17H25F3N2O5. The maximum absolute atomic E-state index is 10.6. The highest BCUT2D eigenvalue weighted by Crippen LogP contribution is 2.19. The van der Waals surface area contributed by atoms with E-state index in [1.54, 1.807) is 6.20 Å². The molecule has 0 radical (unpaired) electrons. The van der Waals surface area contributed by atoms with Crippen LogP contribution >= 0.6 is 0 Å². The number of halogens is 3. The van der Waals surface area contributed by atoms with Crippen molar-refractivity contribution in [3.63, 3.8) is 0 Å². The van der Waals surface area contributed by atoms with Crippen molar-refractivity contribution in [1.29, 1.82) is 0 Å². The molecule has 0 saturated carbocycles. The Labute approximate surface area is 155 Å². The van der Waals surface area contributed by atoms with Crippen LogP contribution in [0.1, 0.15) is 27.2 Å². The summed E-state index contributed by atoms with van der Waals surface area (Å²) >= 11 is 0. The minimum Gasteiger partial charge on any atom is -0.489 e. The summed E-state index contributed by atoms with van der Waals surface area (Å²) in [6.07, 6.45) is -2.17. The summed E-state index contributed by atoms with van der Waals surface area (Å²) in [6, 6.07) is 3.74. The van der Waals surface area contributed by atoms with Gasteiger partial charge in [0.15, 0.2) is 0 Å². The standard InChI is InChI=1S/C15H24N2O3.C2HF3O2/c1-4-18-14-10-16-8-7-13(14)20-15-6-5-12(9-17-15)19-11(2)3;3-2(4,5)1(6)7/h5-6,9,11,13-14,16H,4,7-8,10H2,1-3H3;(H,6,7). The van der Waals surface area contributed by atoms with Crippen LogP contribution in [0.4, 0.5) is 13.2 Å². The molecule has 1 aliphatic rings. The molecule has 10 heteroatoms. The Morgan fingerprint density at radius 1 is 1.37 bits per heavy atom. The minimum atomic E-state index is -5.08. The van der Waals surface area contributed by atoms with Gasteiger partial charge < -0.3 is 24.6 Å². The summed E-state index contributed by atoms with van der Waals surface area (Å²) in [6.45, 7) is 8.46. The van der Waals surface area contributed by atoms with E-state index in [0.717, 1.165) is 25.3 Å². The van der Waals surface area contributed by atoms with Gasteiger partial charge in [0.2, 0.25) is 5.88 Å². The van der Waals surface area contributed by atoms with Crippen LogP contribution in [0.15, 0.2) is 18.3 Å². The highest BCUT2D eigenvalue weighted by molar-refractivity contribution is 5.73. The number of carboxylic acid groups (broad SMARTS) is 1. The fourth-order valence-corrected chi connectivity index (χ4v) is 2.25. The Kier molecular flexibility index (Phi) is 9.30. The molecule has 27 heavy (non-hydrogen) atoms. The normalized spacial score (nSPS) is 19.8. The zero-order valence-electron chi connectivity index (χ0n) is 15.5. The van der Waals surface area contributed by atoms with E-state index in [-0.39, 0.29) is 18.3 Å². The van der Waals surface area contributed by atoms with Gasteiger partial charge in [-0.2, -0.15) is 13.2 Å². The van der Waals surface area contributed by atoms with Crippen LogP contribution < -0.4 is 14.8 Å². The molecule has 0 spiro atoms. The van der Waals surface area contributed by atoms with Gasteiger partial charge in [-0.25, -0.2) is 9.78 Å². The van der Waals surface area contributed by atoms with E-state index in [2.05, 4.69) is 10.3 Å². The first-order valence-corrected chi connectivity index (χ1v) is 8.55. The van der Waals surface area contributed by atoms with Gasteiger partial charge >= 0.3 is 12.1 Å². The van der Waals surface area contributed by atoms with Crippen LogP contribution in [0.5, 0.6) is 11.6 Å². The quantitative estimate of drug-likeness (QED) is 0.767. The summed E-state index contributed by atoms with van der Waals surface area (Å²) in [5, 5.41) is 10.4. The molecule has 1 saturated heterocycles. The molecule has 2 N–H and O–H groups in total. The number of alkyl halides is 3. The average Bonchev–Trinajstić information content (AvgIpc) is 2.58. The van der Waals surface area contributed by atoms with Crippen LogP contribution in [0.25, 0.3) is 0 Å². The first-order valence-electron chi connectivity index (χ1n) is 8.55. The van der Waals surface area contributed by atoms with Crippen molar-refractivity contribution in [1.82, 2.24) is 10.3 Å². The average molecular weight is 394 g/mol. The molecule has 2 atom stereocenters. The van der Waals surface area contributed by atoms with Gasteiger partial charge in [0.05, 0.1) is 12.3 Å². The number of ether oxygens (including phenoxy) is 3. The summed E-state index contributed by atoms with van der Waals surface area (Å²) in [7, 11) is 0. The third-order valence-corrected chi connectivity index (χ3v) is 3.34. The number of aliphatic carboxylic acids is 1. The Morgan fingerprint density at radius 2 is 2.04 bits per heavy atom. The van der Waals surface area contributed by atoms with E-state index in [4.69, 9.17) is 24.1 Å². The van der Waals surface area contributed by atoms with Crippen molar-refractivity contribution >= 4 is 5.97 Å². The third kappa shape index (κ3) is 8.91. The molecule has 2 heterocycles. The van der Waals surface area contributed by atoms with Gasteiger partial charge in [-0.05, 0) is 39.8 Å². The Balaban J connectivity index is 0.000000445. The number of carboxylic acids is 1. The summed E-state index contributed by atoms with van der Waals surface area (Å²) in [5.41, 5.74) is 0. The number of aromatic nitrogens is 1. The number of hydrogen-bond acceptors (Lipinski definition) is 6. The maximum Gasteiger partial charge on any atom is 0.490 e. The lowest BCUT2D eigenvalue weighted by Crippen LogP contribution is -2.48. The van der Waals surface area contributed by atoms with Gasteiger partial charge in [-0.1, -0.05) is 0 Å². The van der Waals surface area contributed by atoms with Crippen LogP contribution in [-0.2, 0) is 9.53 Å². The van der Waals surface area contributed by atoms with Crippen molar-refractivity contribution in [3.05, 3.63) is 18.3 Å². The minimum absolute atomic E-state index is 0.0561. The van der Waals surface area contributed by atoms with E-state index in [9.17, 15) is 13.2 Å². The number of nitrogens with one attached hydrogen (secondary N) is 1. The second-order valence-electron chi connectivity index (χ2n) is 5.94. The molecule has 0 aromatic carbocycles. The summed E-state index contributed by atoms with van der Waals surface area (Å²) < 4.78 is 49.0. The molecule has 0 bridgehead atoms. The Morgan fingerprint density at radius 3 is 2.52 bits per heavy atom. The maximum atomic E-state index is 10.6. The molecule has 1 fully saturated rings. The molecule has 2 unspecified atom stereocenters. The lowest BCUT2D eigenvalue weighted by atomic mass is 10.1. The van der Waals surface area contributed by atoms with E-state index < -0.39 is 12.1 Å². The zero-order valence-corrected chi connectivity index (χ0v) is 15.5. The van der Waals surface area contributed by atoms with Gasteiger partial charge in [-0.3, -0.25) is 0 Å². The topological polar surface area (TPSA) is 89.9 Å². The van der Waals surface area contributed by atoms with Gasteiger partial charge in [-0.15, -0.1) is 0 Å². The van der Waals surface area contributed by atoms with Crippen molar-refractivity contribution in [2.45, 2.75) is 51.7 Å². The number of rotatable bonds is 6. The van der Waals surface area contributed by atoms with Crippen LogP contribution in [0.2, 0.25) is 0 Å². The molecular weight excluding hydrogens is 369 g/mol. The first kappa shape index (κ1) is 23.0. The van der Waals surface area contributed by atoms with Crippen LogP contribution in [0, 0.1) is 0 Å². The largest absolute Gasteiger partial charge is 0.490 e. The fourth-order valence-electron chi connectivity index (χ4n) is 2.25. The highest BCUT2D eigenvalue weighted by Gasteiger charge is 2.38. The number of nitrogens with zero attached hydrogens (tertiary/aromatic N) is 1. The molecule has 7 nitrogen and oxygen atoms in total. The van der Waals surface area contributed by atoms with Crippen LogP contribution in [0.3, 0.4) is 0 Å². The smallest absolute Gasteiger partial charge is 0.489 e. The van der Waals surface area contributed by atoms with Crippen molar-refractivity contribution in [3.8, 4) is 11.6 Å². The molecule has 2 rings (SSSR count). The predicted molar refractivity (Wildman–Crippen MR) is 91.0 cm³/mol. The predicted octanol–water partition coefficient (Wildman–Crippen LogP) is 2.65. The fraction of sp³-hybridized carbons (Fsp3) is 0.647. The molecule has 0 amide bonds. The van der Waals surface area contributed by atoms with Crippen molar-refractivity contribution < 1.29 is 37.3 Å². The summed E-state index contributed by atoms with van der Waals surface area (Å²) in [4.78, 5) is 13.2. The molecule has 1 aromatic rings. The monoisotopic (exact) mass is 394 g/mol. The van der Waals surface area contributed by atoms with Crippen LogP contribution in [-0.4, -0.2) is 60.2 Å². The van der Waals surface area contributed by atoms with E-state index in [1.165, 1.54) is 0 Å². The highest BCUT2D eigenvalue weighted by atomic mass is 19.4. The number of hydrogen-bond donors (Lipinski definition) is 2. The van der Waals surface area contributed by atoms with Crippen molar-refractivity contribution in [2.24, 2.45) is 0 Å². The van der Waals surface area contributed by atoms with E-state index >= 15 is 0 Å². The molecule has 0 aliphatic carbocycles. The van der Waals surface area contributed by atoms with Gasteiger partial charge in [0.1, 0.15) is 18.0 Å². The molecule has 154 valence electrons. The van der Waals surface area contributed by atoms with Gasteiger partial charge in [0.25, 0.3) is 0 Å². The Hall–Kier alpha value is -2.07. The zero-order chi connectivity index (χ0) is 20.4. The van der Waals surface area contributed by atoms with Gasteiger partial charge in [0, 0.05) is 19.2 Å². The number of piperidine rings is 1. The second kappa shape index (κ2) is 10.9. The first-order chi connectivity index (χ1) is 12.6. The third-order valence-electron chi connectivity index (χ3n) is 3.34. The van der Waals surface area contributed by atoms with E-state index in [0.29, 0.717) is 12.5 Å². The SMILES string of the molecule is CCOC1CNCCC1Oc1ccc(OC(C)C)cn1.O=C(O)C(F)(F)F. The number of pyridine rings is 1. The lowest BCUT2D eigenvalue weighted by Gasteiger charge is -2.31. The van der Waals surface area contributed by atoms with Crippen molar-refractivity contribution in [2.75, 3.05) is 19.7 Å². The summed E-state index contributed by atoms with van der Waals surface area (Å²) in [5.74, 6) is -1.37. The number of carbonyl (C=O) groups is 1. The molecule has 1 aliphatic heterocycles. The lowest BCUT2D eigenvalue weighted by molar-refractivity contribution is -0.192.